The molecule has 0 bridgehead atoms. The Balaban J connectivity index is 1.85. The zero-order valence-electron chi connectivity index (χ0n) is 11.3. The molecule has 0 radical (unpaired) electrons. The molecule has 0 amide bonds. The Hall–Kier alpha value is -1.93. The topological polar surface area (TPSA) is 94.5 Å². The lowest BCUT2D eigenvalue weighted by Gasteiger charge is -2.22. The number of cyclic esters (lactones) is 1. The van der Waals surface area contributed by atoms with Gasteiger partial charge in [0.25, 0.3) is 0 Å². The van der Waals surface area contributed by atoms with E-state index in [0.717, 1.165) is 12.8 Å². The first kappa shape index (κ1) is 14.0. The van der Waals surface area contributed by atoms with Gasteiger partial charge in [0.15, 0.2) is 11.5 Å². The molecule has 0 saturated heterocycles. The number of rotatable bonds is 6. The van der Waals surface area contributed by atoms with Gasteiger partial charge in [0.05, 0.1) is 6.61 Å². The van der Waals surface area contributed by atoms with E-state index in [0.29, 0.717) is 18.3 Å². The lowest BCUT2D eigenvalue weighted by atomic mass is 9.95. The monoisotopic (exact) mass is 294 g/mol. The number of carbonyl (C=O) groups excluding carboxylic acids is 1. The fourth-order valence-electron chi connectivity index (χ4n) is 1.99. The van der Waals surface area contributed by atoms with Gasteiger partial charge in [-0.1, -0.05) is 0 Å². The third-order valence-corrected chi connectivity index (χ3v) is 3.24. The Morgan fingerprint density at radius 1 is 1.19 bits per heavy atom. The molecule has 1 fully saturated rings. The zero-order valence-corrected chi connectivity index (χ0v) is 11.3. The first-order valence-electron chi connectivity index (χ1n) is 6.74. The van der Waals surface area contributed by atoms with E-state index < -0.39 is 13.1 Å². The predicted octanol–water partition coefficient (Wildman–Crippen LogP) is 0.373. The van der Waals surface area contributed by atoms with Gasteiger partial charge in [0, 0.05) is 0 Å². The minimum atomic E-state index is -1.61. The van der Waals surface area contributed by atoms with Gasteiger partial charge in [-0.2, -0.15) is 0 Å². The van der Waals surface area contributed by atoms with Crippen LogP contribution in [0.25, 0.3) is 0 Å². The summed E-state index contributed by atoms with van der Waals surface area (Å²) in [7, 11) is -1.61. The van der Waals surface area contributed by atoms with Gasteiger partial charge in [-0.05, 0) is 30.9 Å². The van der Waals surface area contributed by atoms with E-state index in [1.165, 1.54) is 0 Å². The lowest BCUT2D eigenvalue weighted by Crippen LogP contribution is -2.24. The van der Waals surface area contributed by atoms with Crippen molar-refractivity contribution < 1.29 is 33.8 Å². The van der Waals surface area contributed by atoms with Crippen LogP contribution in [0.4, 0.5) is 0 Å². The maximum atomic E-state index is 11.9. The molecule has 1 aliphatic carbocycles. The highest BCUT2D eigenvalue weighted by atomic mass is 16.7. The SMILES string of the molecule is O=C1OCOc2c(OCB(O)O)ccc(OCC3CC3)c21. The third-order valence-electron chi connectivity index (χ3n) is 3.24. The summed E-state index contributed by atoms with van der Waals surface area (Å²) in [6.45, 7) is 0.0123. The molecule has 0 unspecified atom stereocenters. The van der Waals surface area contributed by atoms with Gasteiger partial charge in [-0.25, -0.2) is 4.79 Å². The fraction of sp³-hybridized carbons (Fsp3) is 0.462. The van der Waals surface area contributed by atoms with Gasteiger partial charge in [-0.15, -0.1) is 0 Å². The highest BCUT2D eigenvalue weighted by molar-refractivity contribution is 6.40. The van der Waals surface area contributed by atoms with E-state index >= 15 is 0 Å². The minimum Gasteiger partial charge on any atom is -0.492 e. The summed E-state index contributed by atoms with van der Waals surface area (Å²) in [6, 6.07) is 3.16. The van der Waals surface area contributed by atoms with Crippen molar-refractivity contribution in [2.75, 3.05) is 19.9 Å². The quantitative estimate of drug-likeness (QED) is 0.578. The number of benzene rings is 1. The number of fused-ring (bicyclic) bond motifs is 1. The molecule has 1 heterocycles. The number of hydrogen-bond acceptors (Lipinski definition) is 7. The Morgan fingerprint density at radius 2 is 1.95 bits per heavy atom. The van der Waals surface area contributed by atoms with Crippen molar-refractivity contribution in [2.45, 2.75) is 12.8 Å². The van der Waals surface area contributed by atoms with Crippen LogP contribution in [0.1, 0.15) is 23.2 Å². The molecule has 2 N–H and O–H groups in total. The van der Waals surface area contributed by atoms with E-state index in [2.05, 4.69) is 0 Å². The Morgan fingerprint density at radius 3 is 2.67 bits per heavy atom. The zero-order chi connectivity index (χ0) is 14.8. The van der Waals surface area contributed by atoms with Crippen LogP contribution in [0.3, 0.4) is 0 Å². The van der Waals surface area contributed by atoms with Crippen LogP contribution < -0.4 is 14.2 Å². The van der Waals surface area contributed by atoms with Crippen LogP contribution in [-0.2, 0) is 4.74 Å². The molecule has 1 aromatic rings. The lowest BCUT2D eigenvalue weighted by molar-refractivity contribution is 0.00302. The second-order valence-electron chi connectivity index (χ2n) is 5.01. The molecule has 1 aromatic carbocycles. The van der Waals surface area contributed by atoms with E-state index in [1.807, 2.05) is 0 Å². The van der Waals surface area contributed by atoms with Gasteiger partial charge < -0.3 is 29.0 Å². The summed E-state index contributed by atoms with van der Waals surface area (Å²) in [5.41, 5.74) is 0.173. The Bertz CT molecular complexity index is 542. The summed E-state index contributed by atoms with van der Waals surface area (Å²) < 4.78 is 21.0. The largest absolute Gasteiger partial charge is 0.492 e. The molecule has 8 heteroatoms. The van der Waals surface area contributed by atoms with E-state index in [9.17, 15) is 4.79 Å². The van der Waals surface area contributed by atoms with Crippen LogP contribution in [0, 0.1) is 5.92 Å². The summed E-state index contributed by atoms with van der Waals surface area (Å²) in [5, 5.41) is 17.7. The van der Waals surface area contributed by atoms with E-state index in [1.54, 1.807) is 12.1 Å². The summed E-state index contributed by atoms with van der Waals surface area (Å²) in [6.07, 6.45) is 2.28. The maximum Gasteiger partial charge on any atom is 0.491 e. The van der Waals surface area contributed by atoms with Crippen molar-refractivity contribution in [1.29, 1.82) is 0 Å². The van der Waals surface area contributed by atoms with Gasteiger partial charge in [-0.3, -0.25) is 0 Å². The molecule has 0 atom stereocenters. The van der Waals surface area contributed by atoms with Gasteiger partial charge in [0.1, 0.15) is 17.8 Å². The first-order chi connectivity index (χ1) is 10.1. The van der Waals surface area contributed by atoms with Crippen LogP contribution in [0.15, 0.2) is 12.1 Å². The standard InChI is InChI=1S/C13H15BO7/c15-13-11-9(18-5-8-1-2-8)3-4-10(19-6-14(16)17)12(11)20-7-21-13/h3-4,8,16-17H,1-2,5-7H2. The second-order valence-corrected chi connectivity index (χ2v) is 5.01. The smallest absolute Gasteiger partial charge is 0.491 e. The second kappa shape index (κ2) is 5.83. The molecule has 21 heavy (non-hydrogen) atoms. The molecule has 3 rings (SSSR count). The molecule has 2 aliphatic rings. The Labute approximate surface area is 121 Å². The summed E-state index contributed by atoms with van der Waals surface area (Å²) in [5.74, 6) is 0.839. The number of ether oxygens (including phenoxy) is 4. The van der Waals surface area contributed by atoms with Crippen LogP contribution in [0.2, 0.25) is 0 Å². The van der Waals surface area contributed by atoms with Crippen molar-refractivity contribution in [3.05, 3.63) is 17.7 Å². The molecule has 112 valence electrons. The maximum absolute atomic E-state index is 11.9. The highest BCUT2D eigenvalue weighted by Crippen LogP contribution is 2.41. The van der Waals surface area contributed by atoms with Crippen molar-refractivity contribution in [2.24, 2.45) is 5.92 Å². The van der Waals surface area contributed by atoms with Gasteiger partial charge in [0.2, 0.25) is 6.79 Å². The molecular weight excluding hydrogens is 279 g/mol. The van der Waals surface area contributed by atoms with Crippen molar-refractivity contribution >= 4 is 13.1 Å². The minimum absolute atomic E-state index is 0.173. The average Bonchev–Trinajstić information content (AvgIpc) is 3.27. The van der Waals surface area contributed by atoms with Crippen LogP contribution in [-0.4, -0.2) is 43.0 Å². The van der Waals surface area contributed by atoms with Crippen LogP contribution in [0.5, 0.6) is 17.2 Å². The molecule has 1 aliphatic heterocycles. The molecule has 0 aromatic heterocycles. The number of hydrogen-bond donors (Lipinski definition) is 2. The molecule has 1 saturated carbocycles. The molecule has 7 nitrogen and oxygen atoms in total. The van der Waals surface area contributed by atoms with E-state index in [4.69, 9.17) is 29.0 Å². The normalized spacial score (nSPS) is 16.6. The first-order valence-corrected chi connectivity index (χ1v) is 6.74. The number of carbonyl (C=O) groups is 1. The molecule has 0 spiro atoms. The molecular formula is C13H15BO7. The summed E-state index contributed by atoms with van der Waals surface area (Å²) >= 11 is 0. The van der Waals surface area contributed by atoms with Crippen LogP contribution >= 0.6 is 0 Å². The number of esters is 1. The van der Waals surface area contributed by atoms with Gasteiger partial charge >= 0.3 is 13.1 Å². The van der Waals surface area contributed by atoms with Crippen molar-refractivity contribution in [3.8, 4) is 17.2 Å². The van der Waals surface area contributed by atoms with Crippen molar-refractivity contribution in [3.63, 3.8) is 0 Å². The van der Waals surface area contributed by atoms with Crippen molar-refractivity contribution in [1.82, 2.24) is 0 Å². The fourth-order valence-corrected chi connectivity index (χ4v) is 1.99. The third kappa shape index (κ3) is 3.22. The summed E-state index contributed by atoms with van der Waals surface area (Å²) in [4.78, 5) is 11.9. The highest BCUT2D eigenvalue weighted by Gasteiger charge is 2.30. The predicted molar refractivity (Wildman–Crippen MR) is 71.3 cm³/mol. The van der Waals surface area contributed by atoms with E-state index in [-0.39, 0.29) is 30.4 Å². The average molecular weight is 294 g/mol. The Kier molecular flexibility index (Phi) is 3.89.